The zero-order chi connectivity index (χ0) is 51.1. The zero-order valence-electron chi connectivity index (χ0n) is 41.1. The number of anilines is 1. The van der Waals surface area contributed by atoms with E-state index in [0.29, 0.717) is 22.8 Å². The summed E-state index contributed by atoms with van der Waals surface area (Å²) in [5.74, 6) is -4.13. The van der Waals surface area contributed by atoms with E-state index >= 15 is 0 Å². The molecule has 1 aliphatic rings. The van der Waals surface area contributed by atoms with Gasteiger partial charge in [-0.1, -0.05) is 51.1 Å². The van der Waals surface area contributed by atoms with Gasteiger partial charge in [0.15, 0.2) is 5.82 Å². The standard InChI is InChI=1S/C50H62N8O11/c1-26-40(27(2)54-43(53-26)31-13-16-33(17-14-31)49(5,6)7)45(63)52-25-39(60)58(11)41-32-15-18-38(68-20-19-51-48(66)69-50(8,9)10)34(24-32)35-21-30(22-36(42(35)61)56-29(4)59)23-37(47(65)67-12)57-44(62)28(3)55-46(41)64/h13-18,21-22,24,28,37,41,61H,19-20,23,25H2,1-12H3,(H,51,66)(H,52,63)(H,55,64)(H,56,59)(H,57,62)/t28-,37-,41-/m0/s1. The molecular weight excluding hydrogens is 889 g/mol. The van der Waals surface area contributed by atoms with Crippen LogP contribution >= 0.6 is 0 Å². The van der Waals surface area contributed by atoms with Crippen LogP contribution in [-0.2, 0) is 45.3 Å². The van der Waals surface area contributed by atoms with E-state index in [1.807, 2.05) is 24.3 Å². The molecule has 368 valence electrons. The number of carbonyl (C=O) groups excluding carboxylic acids is 7. The maximum Gasteiger partial charge on any atom is 0.407 e. The van der Waals surface area contributed by atoms with Gasteiger partial charge in [-0.2, -0.15) is 0 Å². The van der Waals surface area contributed by atoms with E-state index in [9.17, 15) is 38.7 Å². The summed E-state index contributed by atoms with van der Waals surface area (Å²) in [6.45, 7) is 16.8. The topological polar surface area (TPSA) is 257 Å². The summed E-state index contributed by atoms with van der Waals surface area (Å²) in [7, 11) is 2.49. The average Bonchev–Trinajstić information content (AvgIpc) is 3.26. The second kappa shape index (κ2) is 21.6. The number of phenolic OH excluding ortho intramolecular Hbond substituents is 1. The van der Waals surface area contributed by atoms with Crippen molar-refractivity contribution in [2.75, 3.05) is 39.2 Å². The van der Waals surface area contributed by atoms with E-state index in [2.05, 4.69) is 57.3 Å². The summed E-state index contributed by atoms with van der Waals surface area (Å²) in [4.78, 5) is 104. The molecule has 0 spiro atoms. The lowest BCUT2D eigenvalue weighted by Crippen LogP contribution is -2.53. The number of carbonyl (C=O) groups is 7. The normalized spacial score (nSPS) is 16.1. The number of rotatable bonds is 11. The van der Waals surface area contributed by atoms with Crippen LogP contribution in [0.2, 0.25) is 0 Å². The molecular formula is C50H62N8O11. The van der Waals surface area contributed by atoms with Gasteiger partial charge in [0.25, 0.3) is 5.91 Å². The SMILES string of the molecule is COC(=O)[C@@H]1Cc2cc(NC(C)=O)c(O)c(c2)-c2cc(ccc2OCCNC(=O)OC(C)(C)C)[C@H](N(C)C(=O)CNC(=O)c2c(C)nc(-c3ccc(C(C)(C)C)cc3)nc2C)C(=O)N[C@@H](C)C(=O)N1. The van der Waals surface area contributed by atoms with Gasteiger partial charge in [0.2, 0.25) is 23.6 Å². The molecule has 0 aliphatic carbocycles. The molecule has 0 unspecified atom stereocenters. The van der Waals surface area contributed by atoms with E-state index in [-0.39, 0.29) is 58.7 Å². The van der Waals surface area contributed by atoms with Gasteiger partial charge >= 0.3 is 12.1 Å². The van der Waals surface area contributed by atoms with E-state index in [1.165, 1.54) is 51.2 Å². The molecule has 2 heterocycles. The van der Waals surface area contributed by atoms with Crippen molar-refractivity contribution >= 4 is 47.3 Å². The fourth-order valence-electron chi connectivity index (χ4n) is 7.57. The molecule has 6 amide bonds. The number of amides is 6. The number of hydrogen-bond donors (Lipinski definition) is 6. The highest BCUT2D eigenvalue weighted by Gasteiger charge is 2.34. The van der Waals surface area contributed by atoms with Crippen LogP contribution in [0.3, 0.4) is 0 Å². The van der Waals surface area contributed by atoms with E-state index < -0.39 is 77.6 Å². The van der Waals surface area contributed by atoms with Crippen LogP contribution in [0, 0.1) is 13.8 Å². The Hall–Kier alpha value is -7.57. The van der Waals surface area contributed by atoms with Crippen LogP contribution < -0.4 is 31.3 Å². The maximum absolute atomic E-state index is 14.4. The number of benzene rings is 3. The van der Waals surface area contributed by atoms with Gasteiger partial charge in [-0.15, -0.1) is 0 Å². The fraction of sp³-hybridized carbons (Fsp3) is 0.420. The third-order valence-electron chi connectivity index (χ3n) is 11.0. The third-order valence-corrected chi connectivity index (χ3v) is 11.0. The minimum atomic E-state index is -1.48. The Morgan fingerprint density at radius 3 is 2.12 bits per heavy atom. The molecule has 0 fully saturated rings. The fourth-order valence-corrected chi connectivity index (χ4v) is 7.57. The molecule has 3 aromatic carbocycles. The molecule has 5 rings (SSSR count). The molecule has 4 aromatic rings. The van der Waals surface area contributed by atoms with E-state index in [0.717, 1.165) is 23.1 Å². The van der Waals surface area contributed by atoms with Crippen molar-refractivity contribution in [2.45, 2.75) is 105 Å². The summed E-state index contributed by atoms with van der Waals surface area (Å²) in [6, 6.07) is 11.3. The second-order valence-electron chi connectivity index (χ2n) is 18.8. The monoisotopic (exact) mass is 950 g/mol. The summed E-state index contributed by atoms with van der Waals surface area (Å²) in [6.07, 6.45) is -0.858. The number of likely N-dealkylation sites (N-methyl/N-ethyl adjacent to an activating group) is 1. The van der Waals surface area contributed by atoms with Gasteiger partial charge in [0.05, 0.1) is 42.8 Å². The van der Waals surface area contributed by atoms with Crippen molar-refractivity contribution in [1.82, 2.24) is 36.1 Å². The highest BCUT2D eigenvalue weighted by atomic mass is 16.6. The number of esters is 1. The lowest BCUT2D eigenvalue weighted by molar-refractivity contribution is -0.145. The summed E-state index contributed by atoms with van der Waals surface area (Å²) in [5, 5.41) is 24.9. The molecule has 69 heavy (non-hydrogen) atoms. The first-order valence-corrected chi connectivity index (χ1v) is 22.3. The summed E-state index contributed by atoms with van der Waals surface area (Å²) < 4.78 is 16.5. The van der Waals surface area contributed by atoms with Gasteiger partial charge in [-0.05, 0) is 87.9 Å². The highest BCUT2D eigenvalue weighted by molar-refractivity contribution is 6.00. The lowest BCUT2D eigenvalue weighted by atomic mass is 9.86. The summed E-state index contributed by atoms with van der Waals surface area (Å²) in [5.41, 5.74) is 2.76. The molecule has 19 nitrogen and oxygen atoms in total. The Morgan fingerprint density at radius 1 is 0.870 bits per heavy atom. The van der Waals surface area contributed by atoms with Crippen LogP contribution in [-0.4, -0.2) is 113 Å². The Bertz CT molecular complexity index is 2610. The zero-order valence-corrected chi connectivity index (χ0v) is 41.1. The summed E-state index contributed by atoms with van der Waals surface area (Å²) >= 11 is 0. The molecule has 19 heteroatoms. The molecule has 1 aromatic heterocycles. The van der Waals surface area contributed by atoms with Crippen molar-refractivity contribution < 1.29 is 52.9 Å². The smallest absolute Gasteiger partial charge is 0.407 e. The van der Waals surface area contributed by atoms with Crippen molar-refractivity contribution in [3.8, 4) is 34.0 Å². The number of nitrogens with zero attached hydrogens (tertiary/aromatic N) is 3. The number of aryl methyl sites for hydroxylation is 2. The number of alkyl carbamates (subject to hydrolysis) is 1. The number of fused-ring (bicyclic) bond motifs is 5. The van der Waals surface area contributed by atoms with E-state index in [4.69, 9.17) is 14.2 Å². The van der Waals surface area contributed by atoms with Gasteiger partial charge in [0.1, 0.15) is 41.8 Å². The molecule has 1 aliphatic heterocycles. The average molecular weight is 951 g/mol. The quantitative estimate of drug-likeness (QED) is 0.0663. The maximum atomic E-state index is 14.4. The predicted molar refractivity (Wildman–Crippen MR) is 256 cm³/mol. The Kier molecular flexibility index (Phi) is 16.4. The minimum Gasteiger partial charge on any atom is -0.505 e. The first-order valence-electron chi connectivity index (χ1n) is 22.3. The molecule has 0 saturated carbocycles. The number of phenols is 1. The predicted octanol–water partition coefficient (Wildman–Crippen LogP) is 4.94. The number of methoxy groups -OCH3 is 1. The first kappa shape index (κ1) is 52.4. The van der Waals surface area contributed by atoms with Crippen molar-refractivity contribution in [3.63, 3.8) is 0 Å². The van der Waals surface area contributed by atoms with Crippen LogP contribution in [0.25, 0.3) is 22.5 Å². The number of hydrogen-bond acceptors (Lipinski definition) is 13. The Balaban J connectivity index is 1.54. The largest absolute Gasteiger partial charge is 0.505 e. The number of aromatic hydroxyl groups is 1. The number of aromatic nitrogens is 2. The minimum absolute atomic E-state index is 0.00752. The third kappa shape index (κ3) is 13.3. The first-order chi connectivity index (χ1) is 32.3. The highest BCUT2D eigenvalue weighted by Crippen LogP contribution is 2.43. The second-order valence-corrected chi connectivity index (χ2v) is 18.8. The van der Waals surface area contributed by atoms with Gasteiger partial charge in [-0.25, -0.2) is 19.6 Å². The lowest BCUT2D eigenvalue weighted by Gasteiger charge is -2.30. The molecule has 0 radical (unpaired) electrons. The van der Waals surface area contributed by atoms with Crippen molar-refractivity contribution in [1.29, 1.82) is 0 Å². The van der Waals surface area contributed by atoms with Crippen molar-refractivity contribution in [2.24, 2.45) is 0 Å². The Morgan fingerprint density at radius 2 is 1.52 bits per heavy atom. The molecule has 3 atom stereocenters. The number of ether oxygens (including phenoxy) is 3. The van der Waals surface area contributed by atoms with Crippen molar-refractivity contribution in [3.05, 3.63) is 88.2 Å². The van der Waals surface area contributed by atoms with Crippen LogP contribution in [0.1, 0.15) is 99.9 Å². The molecule has 6 N–H and O–H groups in total. The number of nitrogens with one attached hydrogen (secondary N) is 5. The Labute approximate surface area is 401 Å². The van der Waals surface area contributed by atoms with Gasteiger partial charge in [-0.3, -0.25) is 24.0 Å². The van der Waals surface area contributed by atoms with Gasteiger partial charge in [0, 0.05) is 37.1 Å². The van der Waals surface area contributed by atoms with Crippen LogP contribution in [0.4, 0.5) is 10.5 Å². The van der Waals surface area contributed by atoms with Gasteiger partial charge < -0.3 is 50.8 Å². The van der Waals surface area contributed by atoms with E-state index in [1.54, 1.807) is 34.6 Å². The molecule has 4 bridgehead atoms. The van der Waals surface area contributed by atoms with Crippen LogP contribution in [0.5, 0.6) is 11.5 Å². The molecule has 0 saturated heterocycles. The van der Waals surface area contributed by atoms with Crippen LogP contribution in [0.15, 0.2) is 54.6 Å².